The van der Waals surface area contributed by atoms with Gasteiger partial charge in [0.05, 0.1) is 16.7 Å². The molecule has 0 aliphatic carbocycles. The Bertz CT molecular complexity index is 3410. The van der Waals surface area contributed by atoms with E-state index in [0.29, 0.717) is 17.5 Å². The monoisotopic (exact) mass is 765 g/mol. The number of anilines is 2. The quantitative estimate of drug-likeness (QED) is 0.169. The largest absolute Gasteiger partial charge is 0.315 e. The van der Waals surface area contributed by atoms with Crippen molar-refractivity contribution in [2.45, 2.75) is 0 Å². The van der Waals surface area contributed by atoms with Crippen molar-refractivity contribution in [2.24, 2.45) is 0 Å². The lowest BCUT2D eigenvalue weighted by molar-refractivity contribution is 1.08. The molecule has 0 radical (unpaired) electrons. The molecular weight excluding hydrogens is 731 g/mol. The van der Waals surface area contributed by atoms with Crippen molar-refractivity contribution in [2.75, 3.05) is 4.90 Å². The van der Waals surface area contributed by atoms with E-state index in [1.165, 1.54) is 38.3 Å². The molecule has 5 heteroatoms. The molecule has 0 amide bonds. The molecule has 2 aromatic heterocycles. The minimum absolute atomic E-state index is 0.641. The number of rotatable bonds is 6. The zero-order chi connectivity index (χ0) is 39.6. The first kappa shape index (κ1) is 33.9. The Morgan fingerprint density at radius 2 is 0.967 bits per heavy atom. The van der Waals surface area contributed by atoms with Gasteiger partial charge in [0.15, 0.2) is 17.5 Å². The molecule has 1 aliphatic heterocycles. The van der Waals surface area contributed by atoms with Gasteiger partial charge < -0.3 is 9.47 Å². The maximum Gasteiger partial charge on any atom is 0.164 e. The molecule has 1 aliphatic rings. The Hall–Kier alpha value is -8.15. The first-order valence-electron chi connectivity index (χ1n) is 20.3. The van der Waals surface area contributed by atoms with Crippen LogP contribution in [0.25, 0.3) is 100 Å². The summed E-state index contributed by atoms with van der Waals surface area (Å²) >= 11 is 0. The molecular formula is C55H35N5. The van der Waals surface area contributed by atoms with Crippen molar-refractivity contribution in [3.8, 4) is 51.0 Å². The maximum atomic E-state index is 5.11. The Morgan fingerprint density at radius 1 is 0.383 bits per heavy atom. The maximum absolute atomic E-state index is 5.11. The molecule has 280 valence electrons. The lowest BCUT2D eigenvalue weighted by Crippen LogP contribution is -2.13. The van der Waals surface area contributed by atoms with Crippen LogP contribution in [0.4, 0.5) is 11.4 Å². The average molecular weight is 766 g/mol. The van der Waals surface area contributed by atoms with E-state index in [2.05, 4.69) is 161 Å². The smallest absolute Gasteiger partial charge is 0.164 e. The molecule has 0 unspecified atom stereocenters. The van der Waals surface area contributed by atoms with Crippen LogP contribution >= 0.6 is 0 Å². The van der Waals surface area contributed by atoms with Gasteiger partial charge in [-0.15, -0.1) is 0 Å². The van der Waals surface area contributed by atoms with E-state index in [9.17, 15) is 0 Å². The fraction of sp³-hybridized carbons (Fsp3) is 0. The zero-order valence-corrected chi connectivity index (χ0v) is 32.4. The Kier molecular flexibility index (Phi) is 7.78. The molecule has 0 fully saturated rings. The second kappa shape index (κ2) is 13.8. The standard InChI is InChI=1S/C55H35N5/c1-5-16-37(17-6-1)53-56-54(38-18-7-2-8-19-38)58-55(57-53)47-31-30-43(44-26-13-14-27-45(44)47)39-28-29-46-48-34-40-21-15-20-36-32-33-59(41-22-9-3-10-23-41)52(50(36)40)51(48)60(49(46)35-39)42-24-11-4-12-25-42/h1-35H. The number of benzene rings is 9. The van der Waals surface area contributed by atoms with Gasteiger partial charge in [-0.3, -0.25) is 0 Å². The summed E-state index contributed by atoms with van der Waals surface area (Å²) in [5, 5.41) is 7.11. The van der Waals surface area contributed by atoms with E-state index >= 15 is 0 Å². The van der Waals surface area contributed by atoms with Crippen LogP contribution in [0.2, 0.25) is 0 Å². The fourth-order valence-electron chi connectivity index (χ4n) is 9.04. The van der Waals surface area contributed by atoms with Gasteiger partial charge in [-0.25, -0.2) is 15.0 Å². The first-order valence-corrected chi connectivity index (χ1v) is 20.3. The van der Waals surface area contributed by atoms with Crippen molar-refractivity contribution < 1.29 is 0 Å². The highest BCUT2D eigenvalue weighted by molar-refractivity contribution is 6.24. The number of hydrogen-bond donors (Lipinski definition) is 0. The van der Waals surface area contributed by atoms with Gasteiger partial charge in [0, 0.05) is 50.4 Å². The van der Waals surface area contributed by atoms with Crippen LogP contribution < -0.4 is 4.90 Å². The third-order valence-electron chi connectivity index (χ3n) is 11.8. The van der Waals surface area contributed by atoms with Crippen molar-refractivity contribution in [3.05, 3.63) is 212 Å². The lowest BCUT2D eigenvalue weighted by Gasteiger charge is -2.28. The minimum atomic E-state index is 0.641. The summed E-state index contributed by atoms with van der Waals surface area (Å²) in [6.07, 6.45) is 4.45. The summed E-state index contributed by atoms with van der Waals surface area (Å²) < 4.78 is 2.46. The van der Waals surface area contributed by atoms with Crippen LogP contribution in [0.1, 0.15) is 5.56 Å². The fourth-order valence-corrected chi connectivity index (χ4v) is 9.04. The zero-order valence-electron chi connectivity index (χ0n) is 32.4. The summed E-state index contributed by atoms with van der Waals surface area (Å²) in [5.74, 6) is 1.93. The molecule has 3 heterocycles. The van der Waals surface area contributed by atoms with E-state index in [1.807, 2.05) is 60.7 Å². The van der Waals surface area contributed by atoms with Crippen LogP contribution in [-0.2, 0) is 0 Å². The van der Waals surface area contributed by atoms with Gasteiger partial charge in [0.1, 0.15) is 0 Å². The van der Waals surface area contributed by atoms with Gasteiger partial charge in [0.2, 0.25) is 0 Å². The lowest BCUT2D eigenvalue weighted by atomic mass is 9.93. The van der Waals surface area contributed by atoms with Crippen LogP contribution in [0, 0.1) is 0 Å². The highest BCUT2D eigenvalue weighted by Gasteiger charge is 2.26. The second-order valence-electron chi connectivity index (χ2n) is 15.2. The van der Waals surface area contributed by atoms with Crippen molar-refractivity contribution in [1.82, 2.24) is 19.5 Å². The highest BCUT2D eigenvalue weighted by atomic mass is 15.1. The molecule has 0 bridgehead atoms. The number of hydrogen-bond acceptors (Lipinski definition) is 4. The number of aromatic nitrogens is 4. The normalized spacial score (nSPS) is 12.2. The van der Waals surface area contributed by atoms with E-state index in [1.54, 1.807) is 0 Å². The number of nitrogens with zero attached hydrogens (tertiary/aromatic N) is 5. The SMILES string of the molecule is C1=CN(c2ccccc2)c2c3c1cccc3cc1c3ccc(-c4ccc(-c5nc(-c6ccccc6)nc(-c6ccccc6)n5)c5ccccc45)cc3n(-c3ccccc3)c21. The summed E-state index contributed by atoms with van der Waals surface area (Å²) in [5.41, 5.74) is 12.1. The molecule has 0 spiro atoms. The topological polar surface area (TPSA) is 46.8 Å². The molecule has 9 aromatic carbocycles. The Labute approximate surface area is 346 Å². The highest BCUT2D eigenvalue weighted by Crippen LogP contribution is 2.48. The third kappa shape index (κ3) is 5.44. The molecule has 0 saturated heterocycles. The summed E-state index contributed by atoms with van der Waals surface area (Å²) in [6, 6.07) is 70.7. The van der Waals surface area contributed by atoms with Gasteiger partial charge in [-0.05, 0) is 81.4 Å². The van der Waals surface area contributed by atoms with Gasteiger partial charge in [-0.1, -0.05) is 158 Å². The minimum Gasteiger partial charge on any atom is -0.315 e. The number of para-hydroxylation sites is 2. The van der Waals surface area contributed by atoms with Crippen LogP contribution in [0.5, 0.6) is 0 Å². The average Bonchev–Trinajstić information content (AvgIpc) is 3.65. The molecule has 11 aromatic rings. The first-order chi connectivity index (χ1) is 29.8. The van der Waals surface area contributed by atoms with Crippen LogP contribution in [0.15, 0.2) is 206 Å². The van der Waals surface area contributed by atoms with Crippen LogP contribution in [-0.4, -0.2) is 19.5 Å². The summed E-state index contributed by atoms with van der Waals surface area (Å²) in [4.78, 5) is 17.5. The predicted molar refractivity (Wildman–Crippen MR) is 249 cm³/mol. The second-order valence-corrected chi connectivity index (χ2v) is 15.2. The third-order valence-corrected chi connectivity index (χ3v) is 11.8. The van der Waals surface area contributed by atoms with Gasteiger partial charge in [-0.2, -0.15) is 0 Å². The van der Waals surface area contributed by atoms with Crippen molar-refractivity contribution in [1.29, 1.82) is 0 Å². The molecule has 0 N–H and O–H groups in total. The van der Waals surface area contributed by atoms with E-state index in [4.69, 9.17) is 15.0 Å². The summed E-state index contributed by atoms with van der Waals surface area (Å²) in [7, 11) is 0. The Balaban J connectivity index is 1.09. The van der Waals surface area contributed by atoms with Gasteiger partial charge in [0.25, 0.3) is 0 Å². The summed E-state index contributed by atoms with van der Waals surface area (Å²) in [6.45, 7) is 0. The van der Waals surface area contributed by atoms with Gasteiger partial charge >= 0.3 is 0 Å². The van der Waals surface area contributed by atoms with E-state index in [-0.39, 0.29) is 0 Å². The molecule has 5 nitrogen and oxygen atoms in total. The molecule has 0 atom stereocenters. The molecule has 0 saturated carbocycles. The van der Waals surface area contributed by atoms with E-state index < -0.39 is 0 Å². The number of fused-ring (bicyclic) bond motifs is 5. The molecule has 12 rings (SSSR count). The Morgan fingerprint density at radius 3 is 1.65 bits per heavy atom. The van der Waals surface area contributed by atoms with Crippen molar-refractivity contribution >= 4 is 60.8 Å². The molecule has 60 heavy (non-hydrogen) atoms. The van der Waals surface area contributed by atoms with Crippen molar-refractivity contribution in [3.63, 3.8) is 0 Å². The van der Waals surface area contributed by atoms with E-state index in [0.717, 1.165) is 55.5 Å². The predicted octanol–water partition coefficient (Wildman–Crippen LogP) is 14.1. The van der Waals surface area contributed by atoms with Crippen LogP contribution in [0.3, 0.4) is 0 Å².